The van der Waals surface area contributed by atoms with Crippen LogP contribution in [0.2, 0.25) is 0 Å². The number of nitrogens with zero attached hydrogens (tertiary/aromatic N) is 6. The number of phenolic OH excluding ortho intramolecular Hbond substituents is 1. The number of amides is 2. The molecule has 11 heteroatoms. The van der Waals surface area contributed by atoms with E-state index in [-0.39, 0.29) is 23.3 Å². The van der Waals surface area contributed by atoms with Crippen LogP contribution in [0.5, 0.6) is 5.75 Å². The monoisotopic (exact) mass is 430 g/mol. The fourth-order valence-corrected chi connectivity index (χ4v) is 4.44. The summed E-state index contributed by atoms with van der Waals surface area (Å²) in [6.45, 7) is 2.08. The van der Waals surface area contributed by atoms with Crippen molar-refractivity contribution in [2.75, 3.05) is 31.9 Å². The Bertz CT molecular complexity index is 981. The summed E-state index contributed by atoms with van der Waals surface area (Å²) in [5.41, 5.74) is 0.698. The lowest BCUT2D eigenvalue weighted by Gasteiger charge is -2.34. The third-order valence-electron chi connectivity index (χ3n) is 4.51. The minimum Gasteiger partial charge on any atom is -0.508 e. The van der Waals surface area contributed by atoms with Gasteiger partial charge in [0.2, 0.25) is 11.1 Å². The number of hydrogen-bond acceptors (Lipinski definition) is 8. The van der Waals surface area contributed by atoms with E-state index in [1.54, 1.807) is 34.1 Å². The summed E-state index contributed by atoms with van der Waals surface area (Å²) < 4.78 is 1.52. The van der Waals surface area contributed by atoms with Gasteiger partial charge in [-0.1, -0.05) is 17.8 Å². The number of hydrogen-bond donors (Lipinski definition) is 1. The summed E-state index contributed by atoms with van der Waals surface area (Å²) in [6, 6.07) is 10.2. The molecule has 1 saturated heterocycles. The van der Waals surface area contributed by atoms with Crippen LogP contribution in [0.1, 0.15) is 9.67 Å². The maximum absolute atomic E-state index is 12.6. The number of thiophene rings is 1. The van der Waals surface area contributed by atoms with Crippen molar-refractivity contribution in [2.45, 2.75) is 5.16 Å². The van der Waals surface area contributed by atoms with E-state index in [9.17, 15) is 14.7 Å². The Morgan fingerprint density at radius 1 is 1.07 bits per heavy atom. The minimum atomic E-state index is -0.0153. The molecule has 1 aromatic carbocycles. The van der Waals surface area contributed by atoms with Crippen molar-refractivity contribution in [1.29, 1.82) is 0 Å². The number of tetrazole rings is 1. The second-order valence-electron chi connectivity index (χ2n) is 6.33. The predicted octanol–water partition coefficient (Wildman–Crippen LogP) is 1.51. The quantitative estimate of drug-likeness (QED) is 0.612. The Kier molecular flexibility index (Phi) is 5.76. The first-order chi connectivity index (χ1) is 14.1. The summed E-state index contributed by atoms with van der Waals surface area (Å²) in [5.74, 6) is 0.369. The van der Waals surface area contributed by atoms with Crippen LogP contribution in [-0.4, -0.2) is 78.9 Å². The van der Waals surface area contributed by atoms with E-state index in [0.717, 1.165) is 4.88 Å². The van der Waals surface area contributed by atoms with Gasteiger partial charge in [-0.2, -0.15) is 4.68 Å². The summed E-state index contributed by atoms with van der Waals surface area (Å²) in [7, 11) is 0. The first-order valence-electron chi connectivity index (χ1n) is 8.93. The molecule has 1 N–H and O–H groups in total. The predicted molar refractivity (Wildman–Crippen MR) is 108 cm³/mol. The molecule has 0 saturated carbocycles. The first kappa shape index (κ1) is 19.4. The third kappa shape index (κ3) is 4.40. The molecule has 0 bridgehead atoms. The van der Waals surface area contributed by atoms with Crippen LogP contribution in [-0.2, 0) is 4.79 Å². The Morgan fingerprint density at radius 2 is 1.79 bits per heavy atom. The number of carbonyl (C=O) groups excluding carboxylic acids is 2. The largest absolute Gasteiger partial charge is 0.508 e. The molecule has 4 rings (SSSR count). The molecule has 0 spiro atoms. The molecule has 3 aromatic rings. The highest BCUT2D eigenvalue weighted by Gasteiger charge is 2.25. The van der Waals surface area contributed by atoms with Gasteiger partial charge in [0.1, 0.15) is 5.75 Å². The molecule has 3 heterocycles. The van der Waals surface area contributed by atoms with Crippen LogP contribution in [0.25, 0.3) is 5.69 Å². The highest BCUT2D eigenvalue weighted by Crippen LogP contribution is 2.21. The molecule has 1 aliphatic heterocycles. The number of piperazine rings is 1. The highest BCUT2D eigenvalue weighted by molar-refractivity contribution is 7.99. The molecule has 0 aliphatic carbocycles. The zero-order chi connectivity index (χ0) is 20.2. The van der Waals surface area contributed by atoms with Crippen LogP contribution < -0.4 is 0 Å². The number of carbonyl (C=O) groups is 2. The topological polar surface area (TPSA) is 104 Å². The van der Waals surface area contributed by atoms with Gasteiger partial charge < -0.3 is 14.9 Å². The second-order valence-corrected chi connectivity index (χ2v) is 8.22. The molecule has 2 aromatic heterocycles. The van der Waals surface area contributed by atoms with E-state index in [0.29, 0.717) is 37.0 Å². The second kappa shape index (κ2) is 8.62. The molecule has 0 atom stereocenters. The molecular weight excluding hydrogens is 412 g/mol. The van der Waals surface area contributed by atoms with Crippen molar-refractivity contribution in [2.24, 2.45) is 0 Å². The molecule has 150 valence electrons. The van der Waals surface area contributed by atoms with Crippen molar-refractivity contribution in [3.05, 3.63) is 46.7 Å². The molecular formula is C18H18N6O3S2. The maximum Gasteiger partial charge on any atom is 0.264 e. The van der Waals surface area contributed by atoms with E-state index in [1.165, 1.54) is 27.8 Å². The van der Waals surface area contributed by atoms with E-state index < -0.39 is 0 Å². The van der Waals surface area contributed by atoms with Crippen molar-refractivity contribution < 1.29 is 14.7 Å². The third-order valence-corrected chi connectivity index (χ3v) is 6.27. The van der Waals surface area contributed by atoms with E-state index in [4.69, 9.17) is 0 Å². The summed E-state index contributed by atoms with van der Waals surface area (Å²) >= 11 is 2.68. The zero-order valence-corrected chi connectivity index (χ0v) is 17.0. The van der Waals surface area contributed by atoms with Gasteiger partial charge >= 0.3 is 0 Å². The highest BCUT2D eigenvalue weighted by atomic mass is 32.2. The van der Waals surface area contributed by atoms with Gasteiger partial charge in [-0.25, -0.2) is 0 Å². The maximum atomic E-state index is 12.6. The van der Waals surface area contributed by atoms with Crippen molar-refractivity contribution in [3.63, 3.8) is 0 Å². The number of aromatic nitrogens is 4. The lowest BCUT2D eigenvalue weighted by atomic mass is 10.3. The van der Waals surface area contributed by atoms with Gasteiger partial charge in [-0.3, -0.25) is 9.59 Å². The van der Waals surface area contributed by atoms with Crippen LogP contribution in [0.15, 0.2) is 46.9 Å². The fourth-order valence-electron chi connectivity index (χ4n) is 2.96. The van der Waals surface area contributed by atoms with Crippen LogP contribution in [0.3, 0.4) is 0 Å². The Labute approximate surface area is 174 Å². The lowest BCUT2D eigenvalue weighted by molar-refractivity contribution is -0.129. The van der Waals surface area contributed by atoms with Gasteiger partial charge in [0.15, 0.2) is 0 Å². The molecule has 1 aliphatic rings. The Hall–Kier alpha value is -2.92. The molecule has 29 heavy (non-hydrogen) atoms. The Balaban J connectivity index is 1.31. The van der Waals surface area contributed by atoms with Gasteiger partial charge in [0.05, 0.1) is 16.3 Å². The number of phenols is 1. The van der Waals surface area contributed by atoms with Crippen molar-refractivity contribution in [1.82, 2.24) is 30.0 Å². The zero-order valence-electron chi connectivity index (χ0n) is 15.3. The first-order valence-corrected chi connectivity index (χ1v) is 10.8. The average Bonchev–Trinajstić information content (AvgIpc) is 3.44. The van der Waals surface area contributed by atoms with Crippen LogP contribution in [0, 0.1) is 0 Å². The molecule has 2 amide bonds. The van der Waals surface area contributed by atoms with E-state index in [2.05, 4.69) is 15.5 Å². The van der Waals surface area contributed by atoms with Crippen LogP contribution >= 0.6 is 23.1 Å². The van der Waals surface area contributed by atoms with Gasteiger partial charge in [-0.05, 0) is 46.1 Å². The van der Waals surface area contributed by atoms with E-state index >= 15 is 0 Å². The van der Waals surface area contributed by atoms with E-state index in [1.807, 2.05) is 17.5 Å². The fraction of sp³-hybridized carbons (Fsp3) is 0.278. The van der Waals surface area contributed by atoms with Gasteiger partial charge in [0.25, 0.3) is 5.91 Å². The number of aromatic hydroxyl groups is 1. The summed E-state index contributed by atoms with van der Waals surface area (Å²) in [6.07, 6.45) is 0. The average molecular weight is 431 g/mol. The molecule has 1 fully saturated rings. The smallest absolute Gasteiger partial charge is 0.264 e. The SMILES string of the molecule is O=C(CSc1nnnn1-c1ccc(O)cc1)N1CCN(C(=O)c2cccs2)CC1. The van der Waals surface area contributed by atoms with Gasteiger partial charge in [0, 0.05) is 26.2 Å². The Morgan fingerprint density at radius 3 is 2.48 bits per heavy atom. The van der Waals surface area contributed by atoms with Crippen molar-refractivity contribution >= 4 is 34.9 Å². The summed E-state index contributed by atoms with van der Waals surface area (Å²) in [5, 5.41) is 23.4. The lowest BCUT2D eigenvalue weighted by Crippen LogP contribution is -2.51. The molecule has 9 nitrogen and oxygen atoms in total. The van der Waals surface area contributed by atoms with Crippen LogP contribution in [0.4, 0.5) is 0 Å². The number of rotatable bonds is 5. The summed E-state index contributed by atoms with van der Waals surface area (Å²) in [4.78, 5) is 29.3. The molecule has 0 radical (unpaired) electrons. The minimum absolute atomic E-state index is 0.0153. The molecule has 0 unspecified atom stereocenters. The standard InChI is InChI=1S/C18H18N6O3S2/c25-14-5-3-13(4-6-14)24-18(19-20-21-24)29-12-16(26)22-7-9-23(10-8-22)17(27)15-2-1-11-28-15/h1-6,11,25H,7-10,12H2. The number of thioether (sulfide) groups is 1. The van der Waals surface area contributed by atoms with Gasteiger partial charge in [-0.15, -0.1) is 16.4 Å². The number of benzene rings is 1. The van der Waals surface area contributed by atoms with Crippen molar-refractivity contribution in [3.8, 4) is 11.4 Å². The normalized spacial score (nSPS) is 14.2.